The third-order valence-electron chi connectivity index (χ3n) is 6.80. The minimum absolute atomic E-state index is 0.194. The molecule has 0 amide bonds. The van der Waals surface area contributed by atoms with E-state index in [0.29, 0.717) is 37.5 Å². The zero-order valence-electron chi connectivity index (χ0n) is 24.0. The Morgan fingerprint density at radius 3 is 2.63 bits per heavy atom. The maximum Gasteiger partial charge on any atom is 0.338 e. The van der Waals surface area contributed by atoms with Gasteiger partial charge in [-0.1, -0.05) is 57.6 Å². The van der Waals surface area contributed by atoms with E-state index in [0.717, 1.165) is 20.5 Å². The summed E-state index contributed by atoms with van der Waals surface area (Å²) >= 11 is 6.40. The van der Waals surface area contributed by atoms with Crippen LogP contribution in [0.5, 0.6) is 5.75 Å². The number of hydrogen-bond donors (Lipinski definition) is 0. The Balaban J connectivity index is 1.62. The number of halogens is 1. The Morgan fingerprint density at radius 1 is 1.19 bits per heavy atom. The van der Waals surface area contributed by atoms with Crippen molar-refractivity contribution in [2.75, 3.05) is 6.26 Å². The Labute approximate surface area is 265 Å². The normalized spacial score (nSPS) is 14.7. The number of ether oxygens (including phenoxy) is 2. The molecule has 1 aliphatic heterocycles. The Bertz CT molecular complexity index is 1950. The van der Waals surface area contributed by atoms with Gasteiger partial charge in [-0.15, -0.1) is 11.8 Å². The average Bonchev–Trinajstić information content (AvgIpc) is 3.29. The van der Waals surface area contributed by atoms with Crippen LogP contribution in [0, 0.1) is 11.3 Å². The Kier molecular flexibility index (Phi) is 9.35. The molecule has 1 aliphatic rings. The highest BCUT2D eigenvalue weighted by molar-refractivity contribution is 9.10. The van der Waals surface area contributed by atoms with E-state index in [2.05, 4.69) is 27.0 Å². The molecule has 10 heteroatoms. The minimum Gasteiger partial charge on any atom is -0.488 e. The van der Waals surface area contributed by atoms with Gasteiger partial charge in [-0.05, 0) is 75.1 Å². The van der Waals surface area contributed by atoms with E-state index in [4.69, 9.17) is 9.47 Å². The van der Waals surface area contributed by atoms with Crippen LogP contribution in [0.3, 0.4) is 0 Å². The molecule has 0 N–H and O–H groups in total. The maximum absolute atomic E-state index is 14.1. The number of nitrogens with zero attached hydrogens (tertiary/aromatic N) is 3. The van der Waals surface area contributed by atoms with E-state index in [9.17, 15) is 14.9 Å². The fourth-order valence-electron chi connectivity index (χ4n) is 4.78. The standard InChI is InChI=1S/C33H28BrN3O4S2/c1-19(2)41-32(39)29-20(3)36-33-37(30(29)21-9-12-26(42-4)13-10-21)31(38)28(43-33)16-24-15-25(34)11-14-27(24)40-18-23-8-6-5-7-22(23)17-35/h5-16,19,30H,18H2,1-4H3/b28-16-/t30-/m0/s1. The van der Waals surface area contributed by atoms with Gasteiger partial charge in [-0.3, -0.25) is 9.36 Å². The largest absolute Gasteiger partial charge is 0.488 e. The lowest BCUT2D eigenvalue weighted by Gasteiger charge is -2.25. The van der Waals surface area contributed by atoms with Crippen LogP contribution < -0.4 is 19.6 Å². The molecule has 3 aromatic carbocycles. The first-order valence-corrected chi connectivity index (χ1v) is 16.3. The van der Waals surface area contributed by atoms with Crippen LogP contribution in [0.1, 0.15) is 49.1 Å². The molecule has 0 spiro atoms. The molecule has 43 heavy (non-hydrogen) atoms. The smallest absolute Gasteiger partial charge is 0.338 e. The fourth-order valence-corrected chi connectivity index (χ4v) is 6.60. The highest BCUT2D eigenvalue weighted by Gasteiger charge is 2.33. The molecule has 0 aliphatic carbocycles. The maximum atomic E-state index is 14.1. The summed E-state index contributed by atoms with van der Waals surface area (Å²) in [6, 6.07) is 22.2. The number of thiazole rings is 1. The van der Waals surface area contributed by atoms with Crippen LogP contribution in [0.15, 0.2) is 97.2 Å². The van der Waals surface area contributed by atoms with E-state index < -0.39 is 12.0 Å². The van der Waals surface area contributed by atoms with Crippen molar-refractivity contribution in [2.45, 2.75) is 44.4 Å². The molecule has 0 bridgehead atoms. The summed E-state index contributed by atoms with van der Waals surface area (Å²) in [6.07, 6.45) is 3.45. The highest BCUT2D eigenvalue weighted by Crippen LogP contribution is 2.32. The predicted molar refractivity (Wildman–Crippen MR) is 173 cm³/mol. The highest BCUT2D eigenvalue weighted by atomic mass is 79.9. The van der Waals surface area contributed by atoms with Crippen LogP contribution >= 0.6 is 39.0 Å². The summed E-state index contributed by atoms with van der Waals surface area (Å²) < 4.78 is 14.6. The molecule has 0 saturated heterocycles. The number of carbonyl (C=O) groups excluding carboxylic acids is 1. The summed E-state index contributed by atoms with van der Waals surface area (Å²) in [7, 11) is 0. The quantitative estimate of drug-likeness (QED) is 0.165. The number of rotatable bonds is 8. The van der Waals surface area contributed by atoms with Gasteiger partial charge in [0.2, 0.25) is 0 Å². The molecule has 0 fully saturated rings. The zero-order chi connectivity index (χ0) is 30.7. The molecule has 0 radical (unpaired) electrons. The molecule has 0 saturated carbocycles. The van der Waals surface area contributed by atoms with Crippen molar-refractivity contribution in [1.29, 1.82) is 5.26 Å². The van der Waals surface area contributed by atoms with Crippen LogP contribution in [0.25, 0.3) is 6.08 Å². The van der Waals surface area contributed by atoms with Crippen LogP contribution in [0.4, 0.5) is 0 Å². The summed E-state index contributed by atoms with van der Waals surface area (Å²) in [5.74, 6) is 0.0631. The third-order valence-corrected chi connectivity index (χ3v) is 9.02. The Hall–Kier alpha value is -3.91. The Morgan fingerprint density at radius 2 is 1.93 bits per heavy atom. The van der Waals surface area contributed by atoms with E-state index in [1.165, 1.54) is 11.3 Å². The van der Waals surface area contributed by atoms with Gasteiger partial charge in [0.1, 0.15) is 12.4 Å². The average molecular weight is 675 g/mol. The second-order valence-electron chi connectivity index (χ2n) is 10.0. The number of nitriles is 1. The van der Waals surface area contributed by atoms with E-state index in [1.807, 2.05) is 66.9 Å². The van der Waals surface area contributed by atoms with Crippen molar-refractivity contribution in [2.24, 2.45) is 4.99 Å². The molecule has 2 heterocycles. The summed E-state index contributed by atoms with van der Waals surface area (Å²) in [5, 5.41) is 9.46. The SMILES string of the molecule is CSc1ccc([C@H]2C(C(=O)OC(C)C)=C(C)N=c3s/c(=C\c4cc(Br)ccc4OCc4ccccc4C#N)c(=O)n32)cc1. The molecule has 5 rings (SSSR count). The lowest BCUT2D eigenvalue weighted by molar-refractivity contribution is -0.143. The molecule has 1 aromatic heterocycles. The number of esters is 1. The minimum atomic E-state index is -0.693. The van der Waals surface area contributed by atoms with Crippen molar-refractivity contribution in [1.82, 2.24) is 4.57 Å². The van der Waals surface area contributed by atoms with Crippen LogP contribution in [-0.2, 0) is 16.1 Å². The third kappa shape index (κ3) is 6.54. The van der Waals surface area contributed by atoms with Gasteiger partial charge in [0.25, 0.3) is 5.56 Å². The summed E-state index contributed by atoms with van der Waals surface area (Å²) in [5.41, 5.74) is 3.37. The lowest BCUT2D eigenvalue weighted by atomic mass is 9.96. The van der Waals surface area contributed by atoms with Crippen LogP contribution in [-0.4, -0.2) is 22.9 Å². The fraction of sp³-hybridized carbons (Fsp3) is 0.212. The number of thioether (sulfide) groups is 1. The number of hydrogen-bond acceptors (Lipinski definition) is 8. The van der Waals surface area contributed by atoms with Crippen molar-refractivity contribution in [3.63, 3.8) is 0 Å². The molecule has 7 nitrogen and oxygen atoms in total. The second kappa shape index (κ2) is 13.2. The lowest BCUT2D eigenvalue weighted by Crippen LogP contribution is -2.40. The first kappa shape index (κ1) is 30.5. The number of fused-ring (bicyclic) bond motifs is 1. The van der Waals surface area contributed by atoms with Crippen molar-refractivity contribution in [3.8, 4) is 11.8 Å². The van der Waals surface area contributed by atoms with Gasteiger partial charge in [0.05, 0.1) is 39.6 Å². The molecule has 4 aromatic rings. The van der Waals surface area contributed by atoms with Crippen LogP contribution in [0.2, 0.25) is 0 Å². The number of allylic oxidation sites excluding steroid dienone is 1. The molecular formula is C33H28BrN3O4S2. The zero-order valence-corrected chi connectivity index (χ0v) is 27.2. The molecule has 0 unspecified atom stereocenters. The van der Waals surface area contributed by atoms with Crippen molar-refractivity contribution >= 4 is 51.1 Å². The van der Waals surface area contributed by atoms with Gasteiger partial charge < -0.3 is 9.47 Å². The first-order valence-electron chi connectivity index (χ1n) is 13.5. The number of carbonyl (C=O) groups is 1. The molecule has 218 valence electrons. The van der Waals surface area contributed by atoms with Gasteiger partial charge in [-0.2, -0.15) is 5.26 Å². The van der Waals surface area contributed by atoms with Gasteiger partial charge in [0, 0.05) is 20.5 Å². The predicted octanol–water partition coefficient (Wildman–Crippen LogP) is 6.12. The van der Waals surface area contributed by atoms with E-state index >= 15 is 0 Å². The summed E-state index contributed by atoms with van der Waals surface area (Å²) in [4.78, 5) is 33.7. The topological polar surface area (TPSA) is 93.7 Å². The second-order valence-corrected chi connectivity index (χ2v) is 12.9. The summed E-state index contributed by atoms with van der Waals surface area (Å²) in [6.45, 7) is 5.56. The molecular weight excluding hydrogens is 646 g/mol. The van der Waals surface area contributed by atoms with Gasteiger partial charge in [-0.25, -0.2) is 9.79 Å². The van der Waals surface area contributed by atoms with Gasteiger partial charge in [0.15, 0.2) is 4.80 Å². The van der Waals surface area contributed by atoms with Crippen molar-refractivity contribution in [3.05, 3.63) is 124 Å². The number of aromatic nitrogens is 1. The van der Waals surface area contributed by atoms with E-state index in [1.54, 1.807) is 49.2 Å². The van der Waals surface area contributed by atoms with Gasteiger partial charge >= 0.3 is 5.97 Å². The van der Waals surface area contributed by atoms with E-state index in [-0.39, 0.29) is 18.3 Å². The number of benzene rings is 3. The van der Waals surface area contributed by atoms with Crippen molar-refractivity contribution < 1.29 is 14.3 Å². The monoisotopic (exact) mass is 673 g/mol. The first-order chi connectivity index (χ1) is 20.7. The molecule has 1 atom stereocenters.